The summed E-state index contributed by atoms with van der Waals surface area (Å²) < 4.78 is 0. The monoisotopic (exact) mass is 225 g/mol. The van der Waals surface area contributed by atoms with E-state index in [2.05, 4.69) is 0 Å². The number of amides is 2. The average Bonchev–Trinajstić information content (AvgIpc) is 1.58. The first-order valence-electron chi connectivity index (χ1n) is 2.84. The lowest BCUT2D eigenvalue weighted by molar-refractivity contribution is -0.119. The molecule has 0 saturated heterocycles. The van der Waals surface area contributed by atoms with Crippen LogP contribution in [0.5, 0.6) is 0 Å². The Bertz CT molecular complexity index is 135. The highest BCUT2D eigenvalue weighted by atomic mass is 79.9. The second-order valence-corrected chi connectivity index (χ2v) is 2.10. The van der Waals surface area contributed by atoms with Crippen LogP contribution in [0.3, 0.4) is 0 Å². The molecule has 0 aromatic heterocycles. The summed E-state index contributed by atoms with van der Waals surface area (Å²) >= 11 is 0. The molecule has 0 rings (SSSR count). The molecule has 0 bridgehead atoms. The maximum atomic E-state index is 10.2. The van der Waals surface area contributed by atoms with Gasteiger partial charge in [-0.15, -0.1) is 17.0 Å². The summed E-state index contributed by atoms with van der Waals surface area (Å²) in [5, 5.41) is 0. The van der Waals surface area contributed by atoms with Crippen LogP contribution in [0.1, 0.15) is 12.8 Å². The minimum atomic E-state index is -0.532. The first-order chi connectivity index (χ1) is 4.52. The van der Waals surface area contributed by atoms with Crippen molar-refractivity contribution in [3.8, 4) is 0 Å². The molecule has 0 spiro atoms. The summed E-state index contributed by atoms with van der Waals surface area (Å²) in [6, 6.07) is -0.532. The van der Waals surface area contributed by atoms with Crippen molar-refractivity contribution in [2.24, 2.45) is 17.2 Å². The Kier molecular flexibility index (Phi) is 7.23. The largest absolute Gasteiger partial charge is 0.370 e. The predicted octanol–water partition coefficient (Wildman–Crippen LogP) is -1.36. The molecule has 6 N–H and O–H groups in total. The summed E-state index contributed by atoms with van der Waals surface area (Å²) in [6.07, 6.45) is 0.00583. The Labute approximate surface area is 75.1 Å². The predicted molar refractivity (Wildman–Crippen MR) is 45.9 cm³/mol. The van der Waals surface area contributed by atoms with E-state index in [4.69, 9.17) is 17.2 Å². The molecule has 0 atom stereocenters. The third-order valence-electron chi connectivity index (χ3n) is 0.927. The molecule has 0 radical (unpaired) electrons. The van der Waals surface area contributed by atoms with E-state index in [0.29, 0.717) is 0 Å². The van der Waals surface area contributed by atoms with Crippen molar-refractivity contribution in [1.82, 2.24) is 0 Å². The Hall–Kier alpha value is -0.620. The molecule has 66 valence electrons. The van der Waals surface area contributed by atoms with Gasteiger partial charge in [0.05, 0.1) is 0 Å². The van der Waals surface area contributed by atoms with E-state index < -0.39 is 17.9 Å². The highest BCUT2D eigenvalue weighted by Crippen LogP contribution is 1.91. The normalized spacial score (nSPS) is 8.91. The summed E-state index contributed by atoms with van der Waals surface area (Å²) in [5.74, 6) is -1.04. The SMILES string of the molecule is Br.NC(=O)CC(N)CC(N)=O. The molecule has 0 aromatic carbocycles. The minimum Gasteiger partial charge on any atom is -0.370 e. The van der Waals surface area contributed by atoms with Gasteiger partial charge in [0.25, 0.3) is 0 Å². The van der Waals surface area contributed by atoms with Crippen molar-refractivity contribution in [3.05, 3.63) is 0 Å². The summed E-state index contributed by atoms with van der Waals surface area (Å²) in [6.45, 7) is 0. The molecule has 0 fully saturated rings. The first-order valence-corrected chi connectivity index (χ1v) is 2.84. The Morgan fingerprint density at radius 1 is 1.09 bits per heavy atom. The van der Waals surface area contributed by atoms with Crippen LogP contribution >= 0.6 is 17.0 Å². The number of primary amides is 2. The molecular formula is C5H12BrN3O2. The van der Waals surface area contributed by atoms with Crippen molar-refractivity contribution in [1.29, 1.82) is 0 Å². The van der Waals surface area contributed by atoms with Gasteiger partial charge in [-0.3, -0.25) is 9.59 Å². The average molecular weight is 226 g/mol. The minimum absolute atomic E-state index is 0. The van der Waals surface area contributed by atoms with Gasteiger partial charge in [0.15, 0.2) is 0 Å². The van der Waals surface area contributed by atoms with E-state index >= 15 is 0 Å². The molecule has 0 saturated carbocycles. The van der Waals surface area contributed by atoms with E-state index in [1.165, 1.54) is 0 Å². The lowest BCUT2D eigenvalue weighted by atomic mass is 10.1. The van der Waals surface area contributed by atoms with Crippen LogP contribution in [0.2, 0.25) is 0 Å². The van der Waals surface area contributed by atoms with Crippen molar-refractivity contribution < 1.29 is 9.59 Å². The van der Waals surface area contributed by atoms with Gasteiger partial charge in [-0.05, 0) is 0 Å². The standard InChI is InChI=1S/C5H11N3O2.BrH/c6-3(1-4(7)9)2-5(8)10;/h3H,1-2,6H2,(H2,7,9)(H2,8,10);1H. The van der Waals surface area contributed by atoms with Gasteiger partial charge in [0.1, 0.15) is 0 Å². The second kappa shape index (κ2) is 6.11. The smallest absolute Gasteiger partial charge is 0.218 e. The summed E-state index contributed by atoms with van der Waals surface area (Å²) in [5.41, 5.74) is 14.9. The lowest BCUT2D eigenvalue weighted by Gasteiger charge is -2.04. The molecule has 0 aromatic rings. The fourth-order valence-corrected chi connectivity index (χ4v) is 0.589. The number of halogens is 1. The van der Waals surface area contributed by atoms with Crippen LogP contribution in [0.15, 0.2) is 0 Å². The van der Waals surface area contributed by atoms with E-state index in [-0.39, 0.29) is 29.8 Å². The van der Waals surface area contributed by atoms with Crippen LogP contribution in [-0.2, 0) is 9.59 Å². The number of hydrogen-bond donors (Lipinski definition) is 3. The maximum Gasteiger partial charge on any atom is 0.218 e. The molecule has 2 amide bonds. The van der Waals surface area contributed by atoms with E-state index in [0.717, 1.165) is 0 Å². The van der Waals surface area contributed by atoms with Gasteiger partial charge in [0.2, 0.25) is 11.8 Å². The molecule has 6 heteroatoms. The molecule has 0 aliphatic rings. The van der Waals surface area contributed by atoms with Crippen LogP contribution in [0, 0.1) is 0 Å². The number of carbonyl (C=O) groups is 2. The molecule has 0 unspecified atom stereocenters. The van der Waals surface area contributed by atoms with Gasteiger partial charge in [0, 0.05) is 18.9 Å². The van der Waals surface area contributed by atoms with E-state index in [9.17, 15) is 9.59 Å². The van der Waals surface area contributed by atoms with Gasteiger partial charge >= 0.3 is 0 Å². The third-order valence-corrected chi connectivity index (χ3v) is 0.927. The quantitative estimate of drug-likeness (QED) is 0.550. The first kappa shape index (κ1) is 13.0. The third kappa shape index (κ3) is 9.38. The molecule has 0 aliphatic heterocycles. The number of carbonyl (C=O) groups excluding carboxylic acids is 2. The van der Waals surface area contributed by atoms with Crippen molar-refractivity contribution >= 4 is 28.8 Å². The van der Waals surface area contributed by atoms with Gasteiger partial charge in [-0.25, -0.2) is 0 Å². The highest BCUT2D eigenvalue weighted by Gasteiger charge is 2.08. The summed E-state index contributed by atoms with van der Waals surface area (Å²) in [7, 11) is 0. The van der Waals surface area contributed by atoms with Crippen molar-refractivity contribution in [2.75, 3.05) is 0 Å². The Morgan fingerprint density at radius 3 is 1.55 bits per heavy atom. The molecule has 5 nitrogen and oxygen atoms in total. The van der Waals surface area contributed by atoms with Gasteiger partial charge < -0.3 is 17.2 Å². The van der Waals surface area contributed by atoms with Crippen LogP contribution < -0.4 is 17.2 Å². The fourth-order valence-electron chi connectivity index (χ4n) is 0.589. The number of rotatable bonds is 4. The molecule has 0 aliphatic carbocycles. The zero-order valence-corrected chi connectivity index (χ0v) is 7.66. The lowest BCUT2D eigenvalue weighted by Crippen LogP contribution is -2.31. The van der Waals surface area contributed by atoms with E-state index in [1.807, 2.05) is 0 Å². The van der Waals surface area contributed by atoms with Gasteiger partial charge in [-0.1, -0.05) is 0 Å². The van der Waals surface area contributed by atoms with Crippen LogP contribution in [0.4, 0.5) is 0 Å². The van der Waals surface area contributed by atoms with Gasteiger partial charge in [-0.2, -0.15) is 0 Å². The maximum absolute atomic E-state index is 10.2. The van der Waals surface area contributed by atoms with E-state index in [1.54, 1.807) is 0 Å². The van der Waals surface area contributed by atoms with Crippen LogP contribution in [-0.4, -0.2) is 17.9 Å². The Morgan fingerprint density at radius 2 is 1.36 bits per heavy atom. The second-order valence-electron chi connectivity index (χ2n) is 2.10. The molecule has 11 heavy (non-hydrogen) atoms. The van der Waals surface area contributed by atoms with Crippen molar-refractivity contribution in [2.45, 2.75) is 18.9 Å². The zero-order chi connectivity index (χ0) is 8.15. The molecular weight excluding hydrogens is 214 g/mol. The Balaban J connectivity index is 0. The summed E-state index contributed by atoms with van der Waals surface area (Å²) in [4.78, 5) is 20.4. The zero-order valence-electron chi connectivity index (χ0n) is 5.95. The topological polar surface area (TPSA) is 112 Å². The highest BCUT2D eigenvalue weighted by molar-refractivity contribution is 8.93. The fraction of sp³-hybridized carbons (Fsp3) is 0.600. The number of nitrogens with two attached hydrogens (primary N) is 3. The number of hydrogen-bond acceptors (Lipinski definition) is 3. The molecule has 0 heterocycles. The van der Waals surface area contributed by atoms with Crippen molar-refractivity contribution in [3.63, 3.8) is 0 Å². The van der Waals surface area contributed by atoms with Crippen LogP contribution in [0.25, 0.3) is 0 Å².